The van der Waals surface area contributed by atoms with Gasteiger partial charge in [-0.3, -0.25) is 14.9 Å². The molecule has 3 aromatic rings. The molecule has 38 heavy (non-hydrogen) atoms. The first-order valence-electron chi connectivity index (χ1n) is 12.1. The molecule has 1 heterocycles. The fourth-order valence-corrected chi connectivity index (χ4v) is 3.66. The van der Waals surface area contributed by atoms with Gasteiger partial charge in [-0.15, -0.1) is 0 Å². The van der Waals surface area contributed by atoms with E-state index in [0.717, 1.165) is 31.3 Å². The number of nitro benzene ring substituents is 1. The highest BCUT2D eigenvalue weighted by Crippen LogP contribution is 2.31. The number of ether oxygens (including phenoxy) is 1. The summed E-state index contributed by atoms with van der Waals surface area (Å²) in [5.74, 6) is 4.79. The first-order valence-corrected chi connectivity index (χ1v) is 12.1. The molecule has 3 rings (SSSR count). The number of benzene rings is 2. The monoisotopic (exact) mass is 520 g/mol. The van der Waals surface area contributed by atoms with Crippen LogP contribution in [-0.4, -0.2) is 51.4 Å². The number of hydrogen-bond acceptors (Lipinski definition) is 8. The third-order valence-electron chi connectivity index (χ3n) is 5.89. The van der Waals surface area contributed by atoms with Gasteiger partial charge in [0, 0.05) is 42.4 Å². The second-order valence-corrected chi connectivity index (χ2v) is 8.47. The minimum Gasteiger partial charge on any atom is -0.453 e. The van der Waals surface area contributed by atoms with Crippen LogP contribution in [0.25, 0.3) is 0 Å². The zero-order chi connectivity index (χ0) is 27.7. The van der Waals surface area contributed by atoms with Crippen LogP contribution in [0.15, 0.2) is 54.7 Å². The molecule has 1 aromatic heterocycles. The molecule has 0 fully saturated rings. The lowest BCUT2D eigenvalue weighted by molar-refractivity contribution is -0.385. The zero-order valence-electron chi connectivity index (χ0n) is 21.2. The summed E-state index contributed by atoms with van der Waals surface area (Å²) in [6.45, 7) is 6.28. The fourth-order valence-electron chi connectivity index (χ4n) is 3.66. The van der Waals surface area contributed by atoms with Gasteiger partial charge < -0.3 is 20.5 Å². The van der Waals surface area contributed by atoms with Crippen molar-refractivity contribution in [2.24, 2.45) is 0 Å². The summed E-state index contributed by atoms with van der Waals surface area (Å²) in [6, 6.07) is 11.2. The van der Waals surface area contributed by atoms with E-state index in [1.807, 2.05) is 13.8 Å². The number of aliphatic hydroxyl groups excluding tert-OH is 1. The van der Waals surface area contributed by atoms with Crippen molar-refractivity contribution < 1.29 is 24.0 Å². The Morgan fingerprint density at radius 3 is 2.50 bits per heavy atom. The Kier molecular flexibility index (Phi) is 9.87. The Bertz CT molecular complexity index is 1350. The predicted octanol–water partition coefficient (Wildman–Crippen LogP) is 4.57. The molecule has 0 saturated carbocycles. The van der Waals surface area contributed by atoms with Crippen molar-refractivity contribution >= 4 is 17.3 Å². The van der Waals surface area contributed by atoms with Crippen LogP contribution in [0.2, 0.25) is 0 Å². The van der Waals surface area contributed by atoms with Crippen LogP contribution in [0.4, 0.5) is 15.9 Å². The molecule has 1 unspecified atom stereocenters. The molecule has 0 amide bonds. The Morgan fingerprint density at radius 1 is 1.16 bits per heavy atom. The number of ketones is 1. The Labute approximate surface area is 220 Å². The number of aliphatic hydroxyl groups is 1. The van der Waals surface area contributed by atoms with Crippen LogP contribution in [0.3, 0.4) is 0 Å². The topological polar surface area (TPSA) is 132 Å². The number of pyridine rings is 1. The molecule has 3 N–H and O–H groups in total. The van der Waals surface area contributed by atoms with Crippen molar-refractivity contribution in [1.82, 2.24) is 9.88 Å². The molecule has 0 radical (unpaired) electrons. The maximum atomic E-state index is 14.3. The number of Topliss-reactive ketones (excluding diaryl/α,β-unsaturated/α-hetero) is 1. The molecule has 0 saturated heterocycles. The molecular formula is C28H29FN4O5. The molecule has 0 aliphatic rings. The SMILES string of the molecule is CCN(CC)CC(O)CCC(=O)c1ccc(C#Cc2c(Oc3ccc([N+](=O)[O-])cc3F)ccnc2N)cc1. The summed E-state index contributed by atoms with van der Waals surface area (Å²) in [4.78, 5) is 28.8. The Hall–Kier alpha value is -4.33. The van der Waals surface area contributed by atoms with Gasteiger partial charge in [-0.1, -0.05) is 37.8 Å². The van der Waals surface area contributed by atoms with Gasteiger partial charge in [0.05, 0.1) is 17.1 Å². The number of rotatable bonds is 11. The minimum atomic E-state index is -0.908. The summed E-state index contributed by atoms with van der Waals surface area (Å²) < 4.78 is 19.9. The molecule has 1 atom stereocenters. The first-order chi connectivity index (χ1) is 18.2. The molecule has 198 valence electrons. The van der Waals surface area contributed by atoms with E-state index in [0.29, 0.717) is 24.1 Å². The van der Waals surface area contributed by atoms with Crippen molar-refractivity contribution in [2.45, 2.75) is 32.8 Å². The van der Waals surface area contributed by atoms with Gasteiger partial charge in [0.1, 0.15) is 17.1 Å². The lowest BCUT2D eigenvalue weighted by Crippen LogP contribution is -2.32. The highest BCUT2D eigenvalue weighted by Gasteiger charge is 2.15. The second-order valence-electron chi connectivity index (χ2n) is 8.47. The summed E-state index contributed by atoms with van der Waals surface area (Å²) in [5.41, 5.74) is 6.89. The molecule has 9 nitrogen and oxygen atoms in total. The van der Waals surface area contributed by atoms with Gasteiger partial charge in [-0.25, -0.2) is 9.37 Å². The molecule has 0 aliphatic heterocycles. The molecule has 0 spiro atoms. The van der Waals surface area contributed by atoms with Crippen molar-refractivity contribution in [2.75, 3.05) is 25.4 Å². The van der Waals surface area contributed by atoms with Crippen molar-refractivity contribution in [3.63, 3.8) is 0 Å². The maximum absolute atomic E-state index is 14.3. The number of nitrogen functional groups attached to an aromatic ring is 1. The highest BCUT2D eigenvalue weighted by atomic mass is 19.1. The summed E-state index contributed by atoms with van der Waals surface area (Å²) in [5, 5.41) is 21.0. The van der Waals surface area contributed by atoms with Gasteiger partial charge in [0.2, 0.25) is 0 Å². The smallest absolute Gasteiger partial charge is 0.272 e. The number of halogens is 1. The number of nitrogens with zero attached hydrogens (tertiary/aromatic N) is 3. The van der Waals surface area contributed by atoms with Gasteiger partial charge in [-0.2, -0.15) is 0 Å². The summed E-state index contributed by atoms with van der Waals surface area (Å²) in [6.07, 6.45) is 1.43. The summed E-state index contributed by atoms with van der Waals surface area (Å²) in [7, 11) is 0. The standard InChI is InChI=1S/C28H29FN4O5/c1-3-32(4-2)18-22(34)11-13-25(35)20-8-5-19(6-9-20)7-12-23-26(15-16-31-28(23)30)38-27-14-10-21(33(36)37)17-24(27)29/h5-6,8-10,14-17,22,34H,3-4,11,13,18H2,1-2H3,(H2,30,31). The van der Waals surface area contributed by atoms with Gasteiger partial charge in [-0.05, 0) is 37.7 Å². The number of carbonyl (C=O) groups is 1. The zero-order valence-corrected chi connectivity index (χ0v) is 21.2. The largest absolute Gasteiger partial charge is 0.453 e. The van der Waals surface area contributed by atoms with E-state index in [-0.39, 0.29) is 35.1 Å². The van der Waals surface area contributed by atoms with Crippen LogP contribution in [0.5, 0.6) is 11.5 Å². The lowest BCUT2D eigenvalue weighted by atomic mass is 10.0. The number of hydrogen-bond donors (Lipinski definition) is 2. The second kappa shape index (κ2) is 13.3. The number of non-ortho nitro benzene ring substituents is 1. The van der Waals surface area contributed by atoms with E-state index < -0.39 is 22.5 Å². The van der Waals surface area contributed by atoms with E-state index in [9.17, 15) is 24.4 Å². The minimum absolute atomic E-state index is 0.0624. The number of carbonyl (C=O) groups excluding carboxylic acids is 1. The van der Waals surface area contributed by atoms with Crippen molar-refractivity contribution in [3.8, 4) is 23.3 Å². The van der Waals surface area contributed by atoms with Crippen LogP contribution < -0.4 is 10.5 Å². The quantitative estimate of drug-likeness (QED) is 0.163. The molecule has 0 aliphatic carbocycles. The molecular weight excluding hydrogens is 491 g/mol. The van der Waals surface area contributed by atoms with Gasteiger partial charge in [0.15, 0.2) is 17.3 Å². The number of nitrogens with two attached hydrogens (primary N) is 1. The number of aromatic nitrogens is 1. The van der Waals surface area contributed by atoms with Crippen LogP contribution in [0.1, 0.15) is 48.2 Å². The van der Waals surface area contributed by atoms with E-state index in [1.165, 1.54) is 12.3 Å². The summed E-state index contributed by atoms with van der Waals surface area (Å²) >= 11 is 0. The molecule has 0 bridgehead atoms. The number of nitro groups is 1. The third-order valence-corrected chi connectivity index (χ3v) is 5.89. The average Bonchev–Trinajstić information content (AvgIpc) is 2.91. The van der Waals surface area contributed by atoms with E-state index in [2.05, 4.69) is 21.7 Å². The van der Waals surface area contributed by atoms with Crippen molar-refractivity contribution in [1.29, 1.82) is 0 Å². The fraction of sp³-hybridized carbons (Fsp3) is 0.286. The van der Waals surface area contributed by atoms with Gasteiger partial charge >= 0.3 is 0 Å². The van der Waals surface area contributed by atoms with E-state index >= 15 is 0 Å². The number of anilines is 1. The number of likely N-dealkylation sites (N-methyl/N-ethyl adjacent to an activating group) is 1. The maximum Gasteiger partial charge on any atom is 0.272 e. The van der Waals surface area contributed by atoms with Crippen molar-refractivity contribution in [3.05, 3.63) is 87.3 Å². The first kappa shape index (κ1) is 28.2. The van der Waals surface area contributed by atoms with Crippen LogP contribution in [0, 0.1) is 27.8 Å². The molecule has 10 heteroatoms. The average molecular weight is 521 g/mol. The Balaban J connectivity index is 1.70. The predicted molar refractivity (Wildman–Crippen MR) is 142 cm³/mol. The van der Waals surface area contributed by atoms with Crippen LogP contribution in [-0.2, 0) is 0 Å². The normalized spacial score (nSPS) is 11.5. The third kappa shape index (κ3) is 7.59. The Morgan fingerprint density at radius 2 is 1.87 bits per heavy atom. The van der Waals surface area contributed by atoms with E-state index in [4.69, 9.17) is 10.5 Å². The van der Waals surface area contributed by atoms with E-state index in [1.54, 1.807) is 24.3 Å². The van der Waals surface area contributed by atoms with Crippen LogP contribution >= 0.6 is 0 Å². The van der Waals surface area contributed by atoms with Gasteiger partial charge in [0.25, 0.3) is 5.69 Å². The lowest BCUT2D eigenvalue weighted by Gasteiger charge is -2.21. The molecule has 2 aromatic carbocycles. The highest BCUT2D eigenvalue weighted by molar-refractivity contribution is 5.96.